The van der Waals surface area contributed by atoms with E-state index >= 15 is 0 Å². The van der Waals surface area contributed by atoms with Crippen LogP contribution in [0.15, 0.2) is 65.6 Å². The topological polar surface area (TPSA) is 75.7 Å². The predicted molar refractivity (Wildman–Crippen MR) is 128 cm³/mol. The normalized spacial score (nSPS) is 11.7. The third kappa shape index (κ3) is 5.94. The van der Waals surface area contributed by atoms with Crippen LogP contribution in [-0.4, -0.2) is 28.0 Å². The highest BCUT2D eigenvalue weighted by Gasteiger charge is 2.31. The number of hydrogen-bond acceptors (Lipinski definition) is 4. The van der Waals surface area contributed by atoms with Crippen LogP contribution in [0.4, 0.5) is 24.5 Å². The van der Waals surface area contributed by atoms with E-state index in [2.05, 4.69) is 5.32 Å². The first kappa shape index (κ1) is 26.1. The molecule has 1 N–H and O–H groups in total. The van der Waals surface area contributed by atoms with Gasteiger partial charge in [-0.2, -0.15) is 13.2 Å². The first-order chi connectivity index (χ1) is 16.3. The molecule has 186 valence electrons. The third-order valence-electron chi connectivity index (χ3n) is 5.45. The molecule has 3 aromatic rings. The van der Waals surface area contributed by atoms with Gasteiger partial charge in [0, 0.05) is 5.69 Å². The van der Waals surface area contributed by atoms with Gasteiger partial charge in [-0.25, -0.2) is 8.42 Å². The summed E-state index contributed by atoms with van der Waals surface area (Å²) in [4.78, 5) is 12.7. The molecule has 0 spiro atoms. The summed E-state index contributed by atoms with van der Waals surface area (Å²) >= 11 is 0. The number of carbonyl (C=O) groups excluding carboxylic acids is 1. The number of hydrogen-bond donors (Lipinski definition) is 1. The number of ether oxygens (including phenoxy) is 1. The Labute approximate surface area is 202 Å². The van der Waals surface area contributed by atoms with E-state index in [4.69, 9.17) is 4.74 Å². The fraction of sp³-hybridized carbons (Fsp3) is 0.240. The quantitative estimate of drug-likeness (QED) is 0.461. The number of rotatable bonds is 7. The lowest BCUT2D eigenvalue weighted by Gasteiger charge is -2.26. The second-order valence-electron chi connectivity index (χ2n) is 8.06. The Balaban J connectivity index is 1.99. The molecule has 0 aliphatic heterocycles. The number of aryl methyl sites for hydroxylation is 3. The fourth-order valence-corrected chi connectivity index (χ4v) is 5.03. The molecule has 0 saturated carbocycles. The number of anilines is 2. The van der Waals surface area contributed by atoms with Gasteiger partial charge in [0.15, 0.2) is 0 Å². The van der Waals surface area contributed by atoms with Crippen LogP contribution >= 0.6 is 0 Å². The number of sulfonamides is 1. The maximum atomic E-state index is 13.7. The SMILES string of the molecule is COc1ccc(C)cc1S(=O)(=O)N(CC(=O)Nc1ccc(C(F)(F)F)cc1)c1ccc(C)c(C)c1. The van der Waals surface area contributed by atoms with Gasteiger partial charge >= 0.3 is 6.18 Å². The van der Waals surface area contributed by atoms with Gasteiger partial charge in [0.1, 0.15) is 17.2 Å². The number of amides is 1. The second kappa shape index (κ2) is 9.99. The first-order valence-corrected chi connectivity index (χ1v) is 12.0. The number of benzene rings is 3. The summed E-state index contributed by atoms with van der Waals surface area (Å²) in [6, 6.07) is 13.6. The summed E-state index contributed by atoms with van der Waals surface area (Å²) in [5.74, 6) is -0.606. The van der Waals surface area contributed by atoms with E-state index in [1.807, 2.05) is 13.8 Å². The molecule has 0 fully saturated rings. The molecule has 0 unspecified atom stereocenters. The van der Waals surface area contributed by atoms with Crippen LogP contribution in [0.3, 0.4) is 0 Å². The van der Waals surface area contributed by atoms with Gasteiger partial charge in [-0.1, -0.05) is 12.1 Å². The second-order valence-corrected chi connectivity index (χ2v) is 9.89. The Morgan fingerprint density at radius 2 is 1.60 bits per heavy atom. The van der Waals surface area contributed by atoms with E-state index in [-0.39, 0.29) is 22.0 Å². The van der Waals surface area contributed by atoms with Gasteiger partial charge < -0.3 is 10.1 Å². The number of nitrogens with zero attached hydrogens (tertiary/aromatic N) is 1. The van der Waals surface area contributed by atoms with Crippen molar-refractivity contribution in [3.63, 3.8) is 0 Å². The largest absolute Gasteiger partial charge is 0.495 e. The summed E-state index contributed by atoms with van der Waals surface area (Å²) < 4.78 is 72.1. The Morgan fingerprint density at radius 3 is 2.17 bits per heavy atom. The zero-order valence-electron chi connectivity index (χ0n) is 19.6. The zero-order chi connectivity index (χ0) is 26.0. The van der Waals surface area contributed by atoms with Crippen molar-refractivity contribution in [3.8, 4) is 5.75 Å². The average molecular weight is 507 g/mol. The van der Waals surface area contributed by atoms with Crippen LogP contribution in [0.1, 0.15) is 22.3 Å². The van der Waals surface area contributed by atoms with Gasteiger partial charge in [-0.15, -0.1) is 0 Å². The molecule has 35 heavy (non-hydrogen) atoms. The molecule has 3 aromatic carbocycles. The van der Waals surface area contributed by atoms with Crippen molar-refractivity contribution < 1.29 is 31.1 Å². The molecule has 0 saturated heterocycles. The highest BCUT2D eigenvalue weighted by Crippen LogP contribution is 2.32. The number of alkyl halides is 3. The Kier molecular flexibility index (Phi) is 7.44. The average Bonchev–Trinajstić information content (AvgIpc) is 2.79. The lowest BCUT2D eigenvalue weighted by atomic mass is 10.1. The maximum Gasteiger partial charge on any atom is 0.416 e. The van der Waals surface area contributed by atoms with Gasteiger partial charge in [-0.3, -0.25) is 9.10 Å². The molecular weight excluding hydrogens is 481 g/mol. The van der Waals surface area contributed by atoms with Gasteiger partial charge in [0.25, 0.3) is 10.0 Å². The standard InChI is InChI=1S/C25H25F3N2O4S/c1-16-5-12-22(34-4)23(13-16)35(32,33)30(21-11-6-17(2)18(3)14-21)15-24(31)29-20-9-7-19(8-10-20)25(26,27)28/h5-14H,15H2,1-4H3,(H,29,31). The molecule has 6 nitrogen and oxygen atoms in total. The van der Waals surface area contributed by atoms with Crippen LogP contribution < -0.4 is 14.4 Å². The summed E-state index contributed by atoms with van der Waals surface area (Å²) in [5.41, 5.74) is 1.95. The third-order valence-corrected chi connectivity index (χ3v) is 7.24. The van der Waals surface area contributed by atoms with E-state index in [0.29, 0.717) is 5.56 Å². The Morgan fingerprint density at radius 1 is 0.943 bits per heavy atom. The molecule has 0 radical (unpaired) electrons. The van der Waals surface area contributed by atoms with Gasteiger partial charge in [0.05, 0.1) is 18.4 Å². The van der Waals surface area contributed by atoms with Crippen molar-refractivity contribution in [3.05, 3.63) is 82.9 Å². The monoisotopic (exact) mass is 506 g/mol. The Bertz CT molecular complexity index is 1340. The van der Waals surface area contributed by atoms with E-state index in [9.17, 15) is 26.4 Å². The lowest BCUT2D eigenvalue weighted by Crippen LogP contribution is -2.38. The van der Waals surface area contributed by atoms with Crippen molar-refractivity contribution in [2.24, 2.45) is 0 Å². The highest BCUT2D eigenvalue weighted by atomic mass is 32.2. The molecule has 0 atom stereocenters. The van der Waals surface area contributed by atoms with Gasteiger partial charge in [0.2, 0.25) is 5.91 Å². The van der Waals surface area contributed by atoms with Crippen molar-refractivity contribution in [2.75, 3.05) is 23.3 Å². The first-order valence-electron chi connectivity index (χ1n) is 10.5. The maximum absolute atomic E-state index is 13.7. The summed E-state index contributed by atoms with van der Waals surface area (Å²) in [6.07, 6.45) is -4.51. The number of carbonyl (C=O) groups is 1. The molecule has 3 rings (SSSR count). The van der Waals surface area contributed by atoms with Crippen LogP contribution in [-0.2, 0) is 21.0 Å². The van der Waals surface area contributed by atoms with Crippen LogP contribution in [0.2, 0.25) is 0 Å². The Hall–Kier alpha value is -3.53. The molecular formula is C25H25F3N2O4S. The van der Waals surface area contributed by atoms with Crippen LogP contribution in [0.5, 0.6) is 5.75 Å². The summed E-state index contributed by atoms with van der Waals surface area (Å²) in [7, 11) is -2.92. The zero-order valence-corrected chi connectivity index (χ0v) is 20.4. The van der Waals surface area contributed by atoms with Crippen LogP contribution in [0, 0.1) is 20.8 Å². The highest BCUT2D eigenvalue weighted by molar-refractivity contribution is 7.93. The number of nitrogens with one attached hydrogen (secondary N) is 1. The fourth-order valence-electron chi connectivity index (χ4n) is 3.37. The minimum Gasteiger partial charge on any atom is -0.495 e. The van der Waals surface area contributed by atoms with Crippen molar-refractivity contribution in [2.45, 2.75) is 31.8 Å². The molecule has 0 aromatic heterocycles. The van der Waals surface area contributed by atoms with E-state index in [1.165, 1.54) is 19.2 Å². The van der Waals surface area contributed by atoms with Crippen LogP contribution in [0.25, 0.3) is 0 Å². The summed E-state index contributed by atoms with van der Waals surface area (Å²) in [5, 5.41) is 2.47. The minimum atomic E-state index is -4.51. The smallest absolute Gasteiger partial charge is 0.416 e. The minimum absolute atomic E-state index is 0.105. The number of methoxy groups -OCH3 is 1. The number of halogens is 3. The van der Waals surface area contributed by atoms with E-state index in [0.717, 1.165) is 39.7 Å². The van der Waals surface area contributed by atoms with Crippen molar-refractivity contribution >= 4 is 27.3 Å². The van der Waals surface area contributed by atoms with E-state index in [1.54, 1.807) is 31.2 Å². The van der Waals surface area contributed by atoms with Gasteiger partial charge in [-0.05, 0) is 86.0 Å². The van der Waals surface area contributed by atoms with E-state index < -0.39 is 34.2 Å². The lowest BCUT2D eigenvalue weighted by molar-refractivity contribution is -0.137. The molecule has 0 bridgehead atoms. The molecule has 1 amide bonds. The predicted octanol–water partition coefficient (Wildman–Crippen LogP) is 5.47. The molecule has 0 aliphatic rings. The molecule has 0 aliphatic carbocycles. The molecule has 10 heteroatoms. The summed E-state index contributed by atoms with van der Waals surface area (Å²) in [6.45, 7) is 4.82. The van der Waals surface area contributed by atoms with Crippen molar-refractivity contribution in [1.82, 2.24) is 0 Å². The van der Waals surface area contributed by atoms with Crippen molar-refractivity contribution in [1.29, 1.82) is 0 Å². The molecule has 0 heterocycles.